The molecule has 0 amide bonds. The smallest absolute Gasteiger partial charge is 0.214 e. The third-order valence-electron chi connectivity index (χ3n) is 2.33. The van der Waals surface area contributed by atoms with Crippen molar-refractivity contribution in [1.29, 1.82) is 0 Å². The number of rotatable bonds is 6. The fraction of sp³-hybridized carbons (Fsp3) is 0.188. The standard InChI is InChI=1S/C8H11ClN2O.C8H9N/c1-10-5-6-12-8-4-2-3-7(9)11-8;1-2-9-8-6-4-3-5-7-8/h2-4,10H,5-6H2,1H3;2-7,9H,1H2. The predicted octanol–water partition coefficient (Wildman–Crippen LogP) is 3.58. The molecule has 1 heterocycles. The molecule has 1 aromatic carbocycles. The van der Waals surface area contributed by atoms with Gasteiger partial charge in [0.2, 0.25) is 5.88 Å². The summed E-state index contributed by atoms with van der Waals surface area (Å²) < 4.78 is 5.27. The monoisotopic (exact) mass is 305 g/mol. The molecule has 0 aliphatic rings. The van der Waals surface area contributed by atoms with Gasteiger partial charge in [0.1, 0.15) is 11.8 Å². The van der Waals surface area contributed by atoms with E-state index in [-0.39, 0.29) is 0 Å². The summed E-state index contributed by atoms with van der Waals surface area (Å²) in [5.74, 6) is 0.567. The summed E-state index contributed by atoms with van der Waals surface area (Å²) in [5, 5.41) is 6.39. The highest BCUT2D eigenvalue weighted by atomic mass is 35.5. The number of pyridine rings is 1. The Morgan fingerprint density at radius 2 is 1.95 bits per heavy atom. The minimum absolute atomic E-state index is 0.456. The lowest BCUT2D eigenvalue weighted by Gasteiger charge is -2.03. The summed E-state index contributed by atoms with van der Waals surface area (Å²) in [5.41, 5.74) is 1.08. The number of hydrogen-bond acceptors (Lipinski definition) is 4. The number of halogens is 1. The maximum atomic E-state index is 5.65. The molecule has 1 aromatic heterocycles. The van der Waals surface area contributed by atoms with Crippen LogP contribution in [0.5, 0.6) is 5.88 Å². The number of aromatic nitrogens is 1. The van der Waals surface area contributed by atoms with Gasteiger partial charge in [-0.1, -0.05) is 42.4 Å². The molecular formula is C16H20ClN3O. The summed E-state index contributed by atoms with van der Waals surface area (Å²) in [6.45, 7) is 4.95. The summed E-state index contributed by atoms with van der Waals surface area (Å²) in [7, 11) is 1.87. The lowest BCUT2D eigenvalue weighted by molar-refractivity contribution is 0.306. The van der Waals surface area contributed by atoms with Gasteiger partial charge in [0.25, 0.3) is 0 Å². The second-order valence-electron chi connectivity index (χ2n) is 3.97. The number of likely N-dealkylation sites (N-methyl/N-ethyl adjacent to an activating group) is 1. The van der Waals surface area contributed by atoms with Crippen molar-refractivity contribution in [3.05, 3.63) is 66.5 Å². The lowest BCUT2D eigenvalue weighted by Crippen LogP contribution is -2.16. The Morgan fingerprint density at radius 1 is 1.19 bits per heavy atom. The highest BCUT2D eigenvalue weighted by Gasteiger charge is 1.94. The number of anilines is 1. The van der Waals surface area contributed by atoms with Crippen molar-refractivity contribution >= 4 is 17.3 Å². The molecular weight excluding hydrogens is 286 g/mol. The zero-order valence-corrected chi connectivity index (χ0v) is 12.8. The van der Waals surface area contributed by atoms with E-state index < -0.39 is 0 Å². The highest BCUT2D eigenvalue weighted by Crippen LogP contribution is 2.10. The van der Waals surface area contributed by atoms with E-state index in [2.05, 4.69) is 22.2 Å². The van der Waals surface area contributed by atoms with E-state index in [1.807, 2.05) is 43.4 Å². The first-order valence-electron chi connectivity index (χ1n) is 6.58. The maximum Gasteiger partial charge on any atom is 0.214 e. The van der Waals surface area contributed by atoms with Crippen LogP contribution in [0.3, 0.4) is 0 Å². The third kappa shape index (κ3) is 7.97. The van der Waals surface area contributed by atoms with E-state index >= 15 is 0 Å². The largest absolute Gasteiger partial charge is 0.476 e. The molecule has 2 rings (SSSR count). The van der Waals surface area contributed by atoms with Crippen molar-refractivity contribution in [2.24, 2.45) is 0 Å². The minimum atomic E-state index is 0.456. The van der Waals surface area contributed by atoms with Crippen molar-refractivity contribution in [3.63, 3.8) is 0 Å². The Labute approximate surface area is 130 Å². The van der Waals surface area contributed by atoms with Gasteiger partial charge in [-0.05, 0) is 31.4 Å². The van der Waals surface area contributed by atoms with E-state index in [9.17, 15) is 0 Å². The van der Waals surface area contributed by atoms with Crippen LogP contribution in [0.2, 0.25) is 5.15 Å². The Balaban J connectivity index is 0.000000219. The quantitative estimate of drug-likeness (QED) is 0.632. The van der Waals surface area contributed by atoms with E-state index in [0.29, 0.717) is 17.6 Å². The van der Waals surface area contributed by atoms with Gasteiger partial charge in [0.15, 0.2) is 0 Å². The summed E-state index contributed by atoms with van der Waals surface area (Å²) in [6, 6.07) is 15.2. The van der Waals surface area contributed by atoms with Crippen molar-refractivity contribution in [3.8, 4) is 5.88 Å². The molecule has 0 saturated heterocycles. The molecule has 0 spiro atoms. The van der Waals surface area contributed by atoms with Gasteiger partial charge in [-0.25, -0.2) is 4.98 Å². The van der Waals surface area contributed by atoms with Gasteiger partial charge in [-0.15, -0.1) is 0 Å². The van der Waals surface area contributed by atoms with Crippen molar-refractivity contribution in [2.45, 2.75) is 0 Å². The molecule has 4 nitrogen and oxygen atoms in total. The number of benzene rings is 1. The van der Waals surface area contributed by atoms with Gasteiger partial charge in [0, 0.05) is 18.3 Å². The normalized spacial score (nSPS) is 9.24. The van der Waals surface area contributed by atoms with Crippen LogP contribution in [0.1, 0.15) is 0 Å². The first-order valence-corrected chi connectivity index (χ1v) is 6.96. The van der Waals surface area contributed by atoms with E-state index in [1.54, 1.807) is 18.3 Å². The molecule has 0 saturated carbocycles. The van der Waals surface area contributed by atoms with Gasteiger partial charge in [-0.2, -0.15) is 0 Å². The van der Waals surface area contributed by atoms with Crippen LogP contribution >= 0.6 is 11.6 Å². The summed E-state index contributed by atoms with van der Waals surface area (Å²) >= 11 is 5.65. The molecule has 2 aromatic rings. The molecule has 0 atom stereocenters. The van der Waals surface area contributed by atoms with Gasteiger partial charge >= 0.3 is 0 Å². The lowest BCUT2D eigenvalue weighted by atomic mass is 10.3. The molecule has 0 unspecified atom stereocenters. The molecule has 0 radical (unpaired) electrons. The van der Waals surface area contributed by atoms with Crippen LogP contribution < -0.4 is 15.4 Å². The Bertz CT molecular complexity index is 520. The average Bonchev–Trinajstić information content (AvgIpc) is 2.50. The highest BCUT2D eigenvalue weighted by molar-refractivity contribution is 6.29. The van der Waals surface area contributed by atoms with Crippen LogP contribution in [-0.4, -0.2) is 25.2 Å². The zero-order chi connectivity index (χ0) is 15.3. The molecule has 2 N–H and O–H groups in total. The number of nitrogens with one attached hydrogen (secondary N) is 2. The fourth-order valence-electron chi connectivity index (χ4n) is 1.38. The second kappa shape index (κ2) is 10.7. The van der Waals surface area contributed by atoms with Crippen LogP contribution in [-0.2, 0) is 0 Å². The first-order chi connectivity index (χ1) is 10.3. The average molecular weight is 306 g/mol. The van der Waals surface area contributed by atoms with Crippen molar-refractivity contribution < 1.29 is 4.74 Å². The Kier molecular flexibility index (Phi) is 8.68. The molecule has 0 fully saturated rings. The molecule has 112 valence electrons. The van der Waals surface area contributed by atoms with Gasteiger partial charge < -0.3 is 15.4 Å². The van der Waals surface area contributed by atoms with Crippen LogP contribution in [0.15, 0.2) is 61.3 Å². The Hall–Kier alpha value is -2.04. The molecule has 21 heavy (non-hydrogen) atoms. The maximum absolute atomic E-state index is 5.65. The molecule has 0 bridgehead atoms. The van der Waals surface area contributed by atoms with Crippen molar-refractivity contribution in [2.75, 3.05) is 25.5 Å². The minimum Gasteiger partial charge on any atom is -0.476 e. The number of hydrogen-bond donors (Lipinski definition) is 2. The van der Waals surface area contributed by atoms with Crippen molar-refractivity contribution in [1.82, 2.24) is 10.3 Å². The zero-order valence-electron chi connectivity index (χ0n) is 12.1. The summed E-state index contributed by atoms with van der Waals surface area (Å²) in [4.78, 5) is 3.96. The topological polar surface area (TPSA) is 46.2 Å². The first kappa shape index (κ1) is 17.0. The van der Waals surface area contributed by atoms with Crippen LogP contribution in [0.25, 0.3) is 0 Å². The van der Waals surface area contributed by atoms with Crippen LogP contribution in [0.4, 0.5) is 5.69 Å². The number of para-hydroxylation sites is 1. The van der Waals surface area contributed by atoms with Gasteiger partial charge in [-0.3, -0.25) is 0 Å². The second-order valence-corrected chi connectivity index (χ2v) is 4.35. The predicted molar refractivity (Wildman–Crippen MR) is 88.9 cm³/mol. The molecule has 5 heteroatoms. The third-order valence-corrected chi connectivity index (χ3v) is 2.54. The van der Waals surface area contributed by atoms with Crippen LogP contribution in [0, 0.1) is 0 Å². The SMILES string of the molecule is C=CNc1ccccc1.CNCCOc1cccc(Cl)n1. The number of nitrogens with zero attached hydrogens (tertiary/aromatic N) is 1. The van der Waals surface area contributed by atoms with E-state index in [4.69, 9.17) is 16.3 Å². The molecule has 0 aliphatic heterocycles. The van der Waals surface area contributed by atoms with E-state index in [1.165, 1.54) is 0 Å². The molecule has 0 aliphatic carbocycles. The Morgan fingerprint density at radius 3 is 2.57 bits per heavy atom. The van der Waals surface area contributed by atoms with E-state index in [0.717, 1.165) is 12.2 Å². The van der Waals surface area contributed by atoms with Gasteiger partial charge in [0.05, 0.1) is 0 Å². The number of ether oxygens (including phenoxy) is 1. The fourth-order valence-corrected chi connectivity index (χ4v) is 1.54. The summed E-state index contributed by atoms with van der Waals surface area (Å²) in [6.07, 6.45) is 1.66.